The average molecular weight is 513 g/mol. The van der Waals surface area contributed by atoms with Crippen LogP contribution in [0.5, 0.6) is 0 Å². The van der Waals surface area contributed by atoms with Gasteiger partial charge in [-0.05, 0) is 48.6 Å². The molecule has 1 amide bonds. The van der Waals surface area contributed by atoms with Gasteiger partial charge in [0, 0.05) is 5.56 Å². The standard InChI is InChI=1S/C21H18F7NO4S/c22-16-10-14(19(31,20(23,24)25)21(26,27)28)5-8-17(16)29-18(30)9-12-3-6-15(7-4-12)34(32,33)11-13-1-2-13/h3-8,10,13,31H,1-2,9,11H2,(H,29,30). The largest absolute Gasteiger partial charge is 0.430 e. The highest BCUT2D eigenvalue weighted by Gasteiger charge is 2.71. The van der Waals surface area contributed by atoms with E-state index in [0.29, 0.717) is 11.6 Å². The molecule has 1 aliphatic carbocycles. The maximum atomic E-state index is 14.2. The van der Waals surface area contributed by atoms with Crippen LogP contribution in [0.4, 0.5) is 36.4 Å². The van der Waals surface area contributed by atoms with Gasteiger partial charge in [-0.1, -0.05) is 18.2 Å². The number of halogens is 7. The predicted octanol–water partition coefficient (Wildman–Crippen LogP) is 4.50. The highest BCUT2D eigenvalue weighted by atomic mass is 32.2. The van der Waals surface area contributed by atoms with Crippen molar-refractivity contribution in [1.82, 2.24) is 0 Å². The number of amides is 1. The Hall–Kier alpha value is -2.67. The van der Waals surface area contributed by atoms with E-state index < -0.39 is 50.8 Å². The molecule has 0 aromatic heterocycles. The molecule has 2 aromatic rings. The Morgan fingerprint density at radius 3 is 2.00 bits per heavy atom. The summed E-state index contributed by atoms with van der Waals surface area (Å²) in [6.07, 6.45) is -11.0. The molecule has 0 radical (unpaired) electrons. The number of sulfone groups is 1. The van der Waals surface area contributed by atoms with Gasteiger partial charge in [-0.25, -0.2) is 12.8 Å². The van der Waals surface area contributed by atoms with E-state index in [9.17, 15) is 49.1 Å². The molecule has 5 nitrogen and oxygen atoms in total. The Kier molecular flexibility index (Phi) is 6.74. The lowest BCUT2D eigenvalue weighted by molar-refractivity contribution is -0.376. The number of rotatable bonds is 7. The molecule has 0 atom stereocenters. The molecule has 0 unspecified atom stereocenters. The molecule has 1 fully saturated rings. The van der Waals surface area contributed by atoms with Crippen LogP contribution in [0.1, 0.15) is 24.0 Å². The van der Waals surface area contributed by atoms with Gasteiger partial charge in [0.1, 0.15) is 5.82 Å². The first-order chi connectivity index (χ1) is 15.5. The summed E-state index contributed by atoms with van der Waals surface area (Å²) in [6.45, 7) is 0. The maximum absolute atomic E-state index is 14.2. The number of aliphatic hydroxyl groups is 1. The van der Waals surface area contributed by atoms with Gasteiger partial charge in [-0.2, -0.15) is 26.3 Å². The first-order valence-corrected chi connectivity index (χ1v) is 11.5. The second kappa shape index (κ2) is 8.84. The average Bonchev–Trinajstić information content (AvgIpc) is 3.51. The minimum absolute atomic E-state index is 0.0277. The number of anilines is 1. The monoisotopic (exact) mass is 513 g/mol. The fourth-order valence-electron chi connectivity index (χ4n) is 3.22. The van der Waals surface area contributed by atoms with Crippen LogP contribution in [0.15, 0.2) is 47.4 Å². The van der Waals surface area contributed by atoms with Crippen molar-refractivity contribution in [2.75, 3.05) is 11.1 Å². The van der Waals surface area contributed by atoms with Crippen molar-refractivity contribution in [2.45, 2.75) is 42.1 Å². The summed E-state index contributed by atoms with van der Waals surface area (Å²) in [7, 11) is -3.46. The zero-order valence-corrected chi connectivity index (χ0v) is 18.0. The molecule has 0 heterocycles. The van der Waals surface area contributed by atoms with Crippen LogP contribution in [0.2, 0.25) is 0 Å². The van der Waals surface area contributed by atoms with Crippen LogP contribution in [-0.4, -0.2) is 37.5 Å². The number of nitrogens with one attached hydrogen (secondary N) is 1. The Bertz CT molecular complexity index is 1160. The van der Waals surface area contributed by atoms with Gasteiger partial charge in [0.05, 0.1) is 22.8 Å². The molecule has 13 heteroatoms. The predicted molar refractivity (Wildman–Crippen MR) is 106 cm³/mol. The van der Waals surface area contributed by atoms with E-state index in [0.717, 1.165) is 12.8 Å². The number of benzene rings is 2. The van der Waals surface area contributed by atoms with Gasteiger partial charge in [0.15, 0.2) is 9.84 Å². The van der Waals surface area contributed by atoms with Crippen molar-refractivity contribution in [3.63, 3.8) is 0 Å². The van der Waals surface area contributed by atoms with Crippen molar-refractivity contribution in [3.8, 4) is 0 Å². The summed E-state index contributed by atoms with van der Waals surface area (Å²) in [4.78, 5) is 12.2. The van der Waals surface area contributed by atoms with E-state index in [2.05, 4.69) is 0 Å². The SMILES string of the molecule is O=C(Cc1ccc(S(=O)(=O)CC2CC2)cc1)Nc1ccc(C(O)(C(F)(F)F)C(F)(F)F)cc1F. The van der Waals surface area contributed by atoms with Crippen molar-refractivity contribution >= 4 is 21.4 Å². The van der Waals surface area contributed by atoms with Gasteiger partial charge in [-0.15, -0.1) is 0 Å². The molecule has 0 bridgehead atoms. The highest BCUT2D eigenvalue weighted by Crippen LogP contribution is 2.50. The van der Waals surface area contributed by atoms with Gasteiger partial charge >= 0.3 is 12.4 Å². The summed E-state index contributed by atoms with van der Waals surface area (Å²) in [6, 6.07) is 5.88. The van der Waals surface area contributed by atoms with E-state index in [4.69, 9.17) is 0 Å². The molecule has 2 N–H and O–H groups in total. The van der Waals surface area contributed by atoms with Crippen molar-refractivity contribution in [1.29, 1.82) is 0 Å². The van der Waals surface area contributed by atoms with Crippen LogP contribution in [0.3, 0.4) is 0 Å². The molecule has 34 heavy (non-hydrogen) atoms. The summed E-state index contributed by atoms with van der Waals surface area (Å²) in [5.74, 6) is -2.32. The van der Waals surface area contributed by atoms with E-state index in [1.54, 1.807) is 0 Å². The Morgan fingerprint density at radius 1 is 0.971 bits per heavy atom. The fraction of sp³-hybridized carbons (Fsp3) is 0.381. The molecule has 0 saturated heterocycles. The minimum atomic E-state index is -6.18. The summed E-state index contributed by atoms with van der Waals surface area (Å²) in [5.41, 5.74) is -7.47. The molecule has 0 spiro atoms. The normalized spacial score (nSPS) is 15.3. The lowest BCUT2D eigenvalue weighted by atomic mass is 9.92. The maximum Gasteiger partial charge on any atom is 0.430 e. The molecule has 1 aliphatic rings. The third kappa shape index (κ3) is 5.35. The second-order valence-electron chi connectivity index (χ2n) is 7.99. The number of alkyl halides is 6. The van der Waals surface area contributed by atoms with Crippen molar-refractivity contribution in [3.05, 3.63) is 59.4 Å². The first kappa shape index (κ1) is 25.9. The molecule has 0 aliphatic heterocycles. The molecule has 186 valence electrons. The van der Waals surface area contributed by atoms with E-state index in [1.807, 2.05) is 5.32 Å². The van der Waals surface area contributed by atoms with Crippen LogP contribution in [0.25, 0.3) is 0 Å². The zero-order valence-electron chi connectivity index (χ0n) is 17.2. The van der Waals surface area contributed by atoms with E-state index in [-0.39, 0.29) is 35.1 Å². The van der Waals surface area contributed by atoms with Crippen LogP contribution >= 0.6 is 0 Å². The fourth-order valence-corrected chi connectivity index (χ4v) is 4.91. The Balaban J connectivity index is 1.72. The number of hydrogen-bond donors (Lipinski definition) is 2. The summed E-state index contributed by atoms with van der Waals surface area (Å²) >= 11 is 0. The quantitative estimate of drug-likeness (QED) is 0.534. The zero-order chi connectivity index (χ0) is 25.5. The molecule has 3 rings (SSSR count). The smallest absolute Gasteiger partial charge is 0.369 e. The summed E-state index contributed by atoms with van der Waals surface area (Å²) in [5, 5.41) is 11.3. The third-order valence-electron chi connectivity index (χ3n) is 5.28. The summed E-state index contributed by atoms with van der Waals surface area (Å²) < 4.78 is 116. The molecule has 2 aromatic carbocycles. The van der Waals surface area contributed by atoms with Gasteiger partial charge in [0.2, 0.25) is 5.91 Å². The molecular weight excluding hydrogens is 495 g/mol. The lowest BCUT2D eigenvalue weighted by Gasteiger charge is -2.32. The number of hydrogen-bond acceptors (Lipinski definition) is 4. The van der Waals surface area contributed by atoms with Crippen LogP contribution in [-0.2, 0) is 26.7 Å². The van der Waals surface area contributed by atoms with Crippen molar-refractivity contribution < 1.29 is 49.1 Å². The minimum Gasteiger partial charge on any atom is -0.369 e. The number of carbonyl (C=O) groups is 1. The van der Waals surface area contributed by atoms with Crippen molar-refractivity contribution in [2.24, 2.45) is 5.92 Å². The first-order valence-electron chi connectivity index (χ1n) is 9.82. The van der Waals surface area contributed by atoms with E-state index in [1.165, 1.54) is 24.3 Å². The third-order valence-corrected chi connectivity index (χ3v) is 7.18. The molecular formula is C21H18F7NO4S. The van der Waals surface area contributed by atoms with Crippen LogP contribution < -0.4 is 5.32 Å². The topological polar surface area (TPSA) is 83.5 Å². The Morgan fingerprint density at radius 2 is 1.53 bits per heavy atom. The van der Waals surface area contributed by atoms with Gasteiger partial charge in [0.25, 0.3) is 5.60 Å². The van der Waals surface area contributed by atoms with Gasteiger partial charge < -0.3 is 10.4 Å². The van der Waals surface area contributed by atoms with Gasteiger partial charge in [-0.3, -0.25) is 4.79 Å². The Labute approximate surface area is 189 Å². The highest BCUT2D eigenvalue weighted by molar-refractivity contribution is 7.91. The van der Waals surface area contributed by atoms with E-state index >= 15 is 0 Å². The second-order valence-corrected chi connectivity index (χ2v) is 10.0. The lowest BCUT2D eigenvalue weighted by Crippen LogP contribution is -2.54. The molecule has 1 saturated carbocycles. The number of carbonyl (C=O) groups excluding carboxylic acids is 1. The van der Waals surface area contributed by atoms with Crippen LogP contribution in [0, 0.1) is 11.7 Å².